The molecule has 0 aliphatic heterocycles. The van der Waals surface area contributed by atoms with Gasteiger partial charge in [-0.2, -0.15) is 9.61 Å². The van der Waals surface area contributed by atoms with Gasteiger partial charge in [-0.1, -0.05) is 30.4 Å². The minimum atomic E-state index is -0.116. The van der Waals surface area contributed by atoms with E-state index in [0.717, 1.165) is 27.6 Å². The molecule has 0 unspecified atom stereocenters. The third-order valence-electron chi connectivity index (χ3n) is 3.90. The van der Waals surface area contributed by atoms with Crippen molar-refractivity contribution in [1.29, 1.82) is 0 Å². The highest BCUT2D eigenvalue weighted by molar-refractivity contribution is 7.19. The summed E-state index contributed by atoms with van der Waals surface area (Å²) in [5.41, 5.74) is 3.58. The zero-order chi connectivity index (χ0) is 17.2. The Hall–Kier alpha value is -3.06. The molecule has 1 N–H and O–H groups in total. The standard InChI is InChI=1S/C18H15N5OS/c1-2-12-3-5-13(6-4-12)16(24)20-15-9-7-14(8-10-15)17-22-23-11-19-21-18(23)25-17/h3-11H,2H2,1H3,(H,20,24). The summed E-state index contributed by atoms with van der Waals surface area (Å²) in [5, 5.41) is 16.0. The molecule has 1 amide bonds. The zero-order valence-corrected chi connectivity index (χ0v) is 14.3. The summed E-state index contributed by atoms with van der Waals surface area (Å²) in [6.07, 6.45) is 2.54. The van der Waals surface area contributed by atoms with E-state index in [4.69, 9.17) is 0 Å². The van der Waals surface area contributed by atoms with Crippen molar-refractivity contribution in [1.82, 2.24) is 19.8 Å². The minimum Gasteiger partial charge on any atom is -0.322 e. The van der Waals surface area contributed by atoms with Gasteiger partial charge in [-0.25, -0.2) is 0 Å². The van der Waals surface area contributed by atoms with Gasteiger partial charge in [-0.15, -0.1) is 10.2 Å². The van der Waals surface area contributed by atoms with Gasteiger partial charge in [0, 0.05) is 16.8 Å². The SMILES string of the molecule is CCc1ccc(C(=O)Nc2ccc(-c3nn4cnnc4s3)cc2)cc1. The third kappa shape index (κ3) is 3.14. The molecule has 4 aromatic rings. The molecule has 0 bridgehead atoms. The Labute approximate surface area is 148 Å². The van der Waals surface area contributed by atoms with Crippen LogP contribution in [0.3, 0.4) is 0 Å². The van der Waals surface area contributed by atoms with E-state index in [9.17, 15) is 4.79 Å². The van der Waals surface area contributed by atoms with Crippen LogP contribution in [-0.2, 0) is 6.42 Å². The number of aryl methyl sites for hydroxylation is 1. The Morgan fingerprint density at radius 2 is 1.88 bits per heavy atom. The number of fused-ring (bicyclic) bond motifs is 1. The molecule has 7 heteroatoms. The van der Waals surface area contributed by atoms with Gasteiger partial charge in [0.2, 0.25) is 4.96 Å². The first-order valence-corrected chi connectivity index (χ1v) is 8.72. The van der Waals surface area contributed by atoms with Crippen molar-refractivity contribution in [3.8, 4) is 10.6 Å². The molecule has 2 aromatic carbocycles. The molecule has 0 saturated carbocycles. The van der Waals surface area contributed by atoms with E-state index in [-0.39, 0.29) is 5.91 Å². The smallest absolute Gasteiger partial charge is 0.255 e. The summed E-state index contributed by atoms with van der Waals surface area (Å²) in [6, 6.07) is 15.3. The number of aromatic nitrogens is 4. The first kappa shape index (κ1) is 15.5. The highest BCUT2D eigenvalue weighted by atomic mass is 32.1. The molecular weight excluding hydrogens is 334 g/mol. The maximum atomic E-state index is 12.3. The van der Waals surface area contributed by atoms with Crippen LogP contribution >= 0.6 is 11.3 Å². The second-order valence-corrected chi connectivity index (χ2v) is 6.50. The number of rotatable bonds is 4. The number of carbonyl (C=O) groups excluding carboxylic acids is 1. The molecule has 6 nitrogen and oxygen atoms in total. The van der Waals surface area contributed by atoms with Crippen molar-refractivity contribution in [2.45, 2.75) is 13.3 Å². The van der Waals surface area contributed by atoms with E-state index in [1.54, 1.807) is 10.8 Å². The second kappa shape index (κ2) is 6.45. The summed E-state index contributed by atoms with van der Waals surface area (Å²) in [7, 11) is 0. The van der Waals surface area contributed by atoms with Crippen molar-refractivity contribution in [3.05, 3.63) is 66.0 Å². The van der Waals surface area contributed by atoms with Gasteiger partial charge in [0.1, 0.15) is 11.3 Å². The Kier molecular flexibility index (Phi) is 3.99. The Bertz CT molecular complexity index is 989. The quantitative estimate of drug-likeness (QED) is 0.610. The fraction of sp³-hybridized carbons (Fsp3) is 0.111. The van der Waals surface area contributed by atoms with E-state index in [1.165, 1.54) is 16.9 Å². The summed E-state index contributed by atoms with van der Waals surface area (Å²) >= 11 is 1.47. The van der Waals surface area contributed by atoms with Gasteiger partial charge < -0.3 is 5.32 Å². The van der Waals surface area contributed by atoms with Crippen LogP contribution in [0, 0.1) is 0 Å². The molecule has 0 atom stereocenters. The molecule has 0 saturated heterocycles. The van der Waals surface area contributed by atoms with Crippen LogP contribution < -0.4 is 5.32 Å². The molecular formula is C18H15N5OS. The molecule has 0 spiro atoms. The predicted octanol–water partition coefficient (Wildman–Crippen LogP) is 3.67. The van der Waals surface area contributed by atoms with Crippen LogP contribution in [0.5, 0.6) is 0 Å². The average molecular weight is 349 g/mol. The lowest BCUT2D eigenvalue weighted by Gasteiger charge is -2.06. The molecule has 2 heterocycles. The third-order valence-corrected chi connectivity index (χ3v) is 4.86. The largest absolute Gasteiger partial charge is 0.322 e. The summed E-state index contributed by atoms with van der Waals surface area (Å²) in [6.45, 7) is 2.09. The number of benzene rings is 2. The fourth-order valence-electron chi connectivity index (χ4n) is 2.47. The molecule has 2 aromatic heterocycles. The summed E-state index contributed by atoms with van der Waals surface area (Å²) in [5.74, 6) is -0.116. The zero-order valence-electron chi connectivity index (χ0n) is 13.5. The number of amides is 1. The Balaban J connectivity index is 1.49. The number of nitrogens with one attached hydrogen (secondary N) is 1. The topological polar surface area (TPSA) is 72.2 Å². The lowest BCUT2D eigenvalue weighted by Crippen LogP contribution is -2.11. The van der Waals surface area contributed by atoms with Gasteiger partial charge in [-0.05, 0) is 48.4 Å². The van der Waals surface area contributed by atoms with Gasteiger partial charge >= 0.3 is 0 Å². The van der Waals surface area contributed by atoms with E-state index in [1.807, 2.05) is 48.5 Å². The second-order valence-electron chi connectivity index (χ2n) is 5.55. The monoisotopic (exact) mass is 349 g/mol. The number of hydrogen-bond donors (Lipinski definition) is 1. The van der Waals surface area contributed by atoms with Gasteiger partial charge in [0.15, 0.2) is 0 Å². The van der Waals surface area contributed by atoms with E-state index < -0.39 is 0 Å². The molecule has 124 valence electrons. The first-order valence-electron chi connectivity index (χ1n) is 7.90. The predicted molar refractivity (Wildman–Crippen MR) is 97.9 cm³/mol. The lowest BCUT2D eigenvalue weighted by molar-refractivity contribution is 0.102. The van der Waals surface area contributed by atoms with Crippen LogP contribution in [0.25, 0.3) is 15.5 Å². The van der Waals surface area contributed by atoms with E-state index >= 15 is 0 Å². The van der Waals surface area contributed by atoms with Crippen LogP contribution in [0.2, 0.25) is 0 Å². The maximum Gasteiger partial charge on any atom is 0.255 e. The van der Waals surface area contributed by atoms with Gasteiger partial charge in [-0.3, -0.25) is 4.79 Å². The van der Waals surface area contributed by atoms with Crippen molar-refractivity contribution < 1.29 is 4.79 Å². The molecule has 0 radical (unpaired) electrons. The molecule has 0 fully saturated rings. The van der Waals surface area contributed by atoms with Crippen LogP contribution in [0.15, 0.2) is 54.9 Å². The number of anilines is 1. The fourth-order valence-corrected chi connectivity index (χ4v) is 3.29. The molecule has 25 heavy (non-hydrogen) atoms. The Morgan fingerprint density at radius 3 is 2.56 bits per heavy atom. The minimum absolute atomic E-state index is 0.116. The lowest BCUT2D eigenvalue weighted by atomic mass is 10.1. The van der Waals surface area contributed by atoms with Crippen molar-refractivity contribution in [2.24, 2.45) is 0 Å². The van der Waals surface area contributed by atoms with Crippen LogP contribution in [0.4, 0.5) is 5.69 Å². The molecule has 0 aliphatic rings. The average Bonchev–Trinajstić information content (AvgIpc) is 3.24. The normalized spacial score (nSPS) is 10.9. The van der Waals surface area contributed by atoms with Gasteiger partial charge in [0.25, 0.3) is 5.91 Å². The van der Waals surface area contributed by atoms with Crippen LogP contribution in [0.1, 0.15) is 22.8 Å². The Morgan fingerprint density at radius 1 is 1.12 bits per heavy atom. The maximum absolute atomic E-state index is 12.3. The number of hydrogen-bond acceptors (Lipinski definition) is 5. The number of nitrogens with zero attached hydrogens (tertiary/aromatic N) is 4. The molecule has 0 aliphatic carbocycles. The summed E-state index contributed by atoms with van der Waals surface area (Å²) < 4.78 is 1.65. The highest BCUT2D eigenvalue weighted by Crippen LogP contribution is 2.26. The van der Waals surface area contributed by atoms with Crippen molar-refractivity contribution in [3.63, 3.8) is 0 Å². The van der Waals surface area contributed by atoms with Crippen molar-refractivity contribution in [2.75, 3.05) is 5.32 Å². The van der Waals surface area contributed by atoms with E-state index in [0.29, 0.717) is 5.56 Å². The number of carbonyl (C=O) groups is 1. The molecule has 4 rings (SSSR count). The first-order chi connectivity index (χ1) is 12.2. The van der Waals surface area contributed by atoms with Crippen LogP contribution in [-0.4, -0.2) is 25.7 Å². The van der Waals surface area contributed by atoms with Crippen molar-refractivity contribution >= 4 is 27.9 Å². The van der Waals surface area contributed by atoms with E-state index in [2.05, 4.69) is 27.5 Å². The highest BCUT2D eigenvalue weighted by Gasteiger charge is 2.09. The summed E-state index contributed by atoms with van der Waals surface area (Å²) in [4.78, 5) is 13.1. The van der Waals surface area contributed by atoms with Gasteiger partial charge in [0.05, 0.1) is 0 Å².